The van der Waals surface area contributed by atoms with E-state index < -0.39 is 65.9 Å². The summed E-state index contributed by atoms with van der Waals surface area (Å²) in [4.78, 5) is 24.6. The minimum absolute atomic E-state index is 0. The SMILES string of the molecule is O=S(=O)([O-])c1cc(Nc2nc(NCC(O)CO)nc(NCC(O)CO)n2)ccc1C=Cc1ccc(Nc2nc(NCC(O)CO)nc(NCC(O)CO)n2)cc1SOO[O-].[Na+].[Na+]. The molecule has 62 heavy (non-hydrogen) atoms. The van der Waals surface area contributed by atoms with Crippen molar-refractivity contribution in [2.75, 3.05) is 84.5 Å². The Morgan fingerprint density at radius 2 is 0.952 bits per heavy atom. The van der Waals surface area contributed by atoms with Gasteiger partial charge in [0, 0.05) is 42.4 Å². The second-order valence-electron chi connectivity index (χ2n) is 12.2. The van der Waals surface area contributed by atoms with Crippen molar-refractivity contribution in [2.45, 2.75) is 34.2 Å². The zero-order valence-corrected chi connectivity index (χ0v) is 38.7. The zero-order valence-electron chi connectivity index (χ0n) is 33.1. The number of aromatic nitrogens is 6. The van der Waals surface area contributed by atoms with E-state index in [1.807, 2.05) is 0 Å². The monoisotopic (exact) mass is 928 g/mol. The minimum atomic E-state index is -5.11. The van der Waals surface area contributed by atoms with Gasteiger partial charge in [-0.15, -0.1) is 0 Å². The Morgan fingerprint density at radius 3 is 1.32 bits per heavy atom. The van der Waals surface area contributed by atoms with Crippen molar-refractivity contribution < 1.29 is 128 Å². The minimum Gasteiger partial charge on any atom is -0.744 e. The maximum atomic E-state index is 12.5. The van der Waals surface area contributed by atoms with Gasteiger partial charge in [0.2, 0.25) is 35.7 Å². The first kappa shape index (κ1) is 55.0. The normalized spacial score (nSPS) is 13.3. The van der Waals surface area contributed by atoms with Crippen molar-refractivity contribution in [1.29, 1.82) is 0 Å². The Morgan fingerprint density at radius 1 is 0.597 bits per heavy atom. The van der Waals surface area contributed by atoms with Crippen molar-refractivity contribution in [3.8, 4) is 0 Å². The van der Waals surface area contributed by atoms with Gasteiger partial charge in [0.1, 0.15) is 10.1 Å². The number of anilines is 8. The molecule has 30 heteroatoms. The van der Waals surface area contributed by atoms with Gasteiger partial charge in [-0.1, -0.05) is 24.3 Å². The quantitative estimate of drug-likeness (QED) is 0.00694. The van der Waals surface area contributed by atoms with Gasteiger partial charge in [-0.25, -0.2) is 8.42 Å². The summed E-state index contributed by atoms with van der Waals surface area (Å²) in [5.41, 5.74) is 0.667. The zero-order chi connectivity index (χ0) is 43.7. The predicted molar refractivity (Wildman–Crippen MR) is 210 cm³/mol. The van der Waals surface area contributed by atoms with E-state index in [0.29, 0.717) is 23.3 Å². The molecule has 2 aromatic carbocycles. The van der Waals surface area contributed by atoms with E-state index in [4.69, 9.17) is 20.4 Å². The van der Waals surface area contributed by atoms with Crippen LogP contribution in [0.3, 0.4) is 0 Å². The van der Waals surface area contributed by atoms with Crippen LogP contribution in [0.25, 0.3) is 12.2 Å². The van der Waals surface area contributed by atoms with E-state index >= 15 is 0 Å². The largest absolute Gasteiger partial charge is 1.00 e. The summed E-state index contributed by atoms with van der Waals surface area (Å²) >= 11 is 0.490. The van der Waals surface area contributed by atoms with Crippen LogP contribution in [0.1, 0.15) is 11.1 Å². The molecule has 0 spiro atoms. The Labute approximate surface area is 402 Å². The molecule has 4 rings (SSSR count). The molecule has 4 unspecified atom stereocenters. The molecule has 4 atom stereocenters. The number of rotatable bonds is 26. The summed E-state index contributed by atoms with van der Waals surface area (Å²) < 4.78 is 41.9. The molecule has 4 aromatic rings. The average Bonchev–Trinajstić information content (AvgIpc) is 3.24. The summed E-state index contributed by atoms with van der Waals surface area (Å²) in [5.74, 6) is -0.487. The smallest absolute Gasteiger partial charge is 0.744 e. The van der Waals surface area contributed by atoms with Crippen LogP contribution in [0, 0.1) is 0 Å². The summed E-state index contributed by atoms with van der Waals surface area (Å²) in [6.07, 6.45) is -1.86. The average molecular weight is 929 g/mol. The number of aliphatic hydroxyl groups excluding tert-OH is 8. The molecule has 2 heterocycles. The van der Waals surface area contributed by atoms with E-state index in [2.05, 4.69) is 71.2 Å². The Bertz CT molecular complexity index is 2080. The van der Waals surface area contributed by atoms with Crippen LogP contribution in [-0.4, -0.2) is 161 Å². The van der Waals surface area contributed by atoms with E-state index in [-0.39, 0.29) is 137 Å². The van der Waals surface area contributed by atoms with Crippen LogP contribution in [0.15, 0.2) is 46.2 Å². The Hall–Kier alpha value is -3.18. The molecule has 0 saturated carbocycles. The summed E-state index contributed by atoms with van der Waals surface area (Å²) in [6, 6.07) is 8.32. The number of hydrogen-bond acceptors (Lipinski definition) is 27. The molecule has 0 aliphatic heterocycles. The van der Waals surface area contributed by atoms with E-state index in [1.165, 1.54) is 36.4 Å². The van der Waals surface area contributed by atoms with Crippen LogP contribution in [0.4, 0.5) is 47.1 Å². The van der Waals surface area contributed by atoms with Gasteiger partial charge in [0.05, 0.1) is 67.8 Å². The molecule has 0 saturated heterocycles. The van der Waals surface area contributed by atoms with Crippen LogP contribution in [0.2, 0.25) is 0 Å². The fourth-order valence-corrected chi connectivity index (χ4v) is 5.76. The fourth-order valence-electron chi connectivity index (χ4n) is 4.55. The number of nitrogens with one attached hydrogen (secondary N) is 6. The van der Waals surface area contributed by atoms with Crippen LogP contribution >= 0.6 is 12.0 Å². The number of nitrogens with zero attached hydrogens (tertiary/aromatic N) is 6. The molecule has 328 valence electrons. The van der Waals surface area contributed by atoms with Crippen molar-refractivity contribution in [3.05, 3.63) is 47.5 Å². The maximum absolute atomic E-state index is 12.5. The molecule has 26 nitrogen and oxygen atoms in total. The first-order valence-electron chi connectivity index (χ1n) is 17.5. The van der Waals surface area contributed by atoms with Gasteiger partial charge in [0.15, 0.2) is 0 Å². The molecule has 0 aliphatic rings. The Kier molecular flexibility index (Phi) is 24.7. The van der Waals surface area contributed by atoms with Gasteiger partial charge in [-0.05, 0) is 35.4 Å². The topological polar surface area (TPSA) is 410 Å². The molecular formula is C32H42N12Na2O14S2. The van der Waals surface area contributed by atoms with Gasteiger partial charge in [-0.2, -0.15) is 34.2 Å². The molecule has 0 amide bonds. The van der Waals surface area contributed by atoms with E-state index in [0.717, 1.165) is 6.07 Å². The fraction of sp³-hybridized carbons (Fsp3) is 0.375. The van der Waals surface area contributed by atoms with Crippen LogP contribution in [-0.2, 0) is 19.5 Å². The van der Waals surface area contributed by atoms with Crippen LogP contribution < -0.4 is 96.3 Å². The van der Waals surface area contributed by atoms with Gasteiger partial charge >= 0.3 is 59.1 Å². The summed E-state index contributed by atoms with van der Waals surface area (Å²) in [5, 5.41) is 106. The van der Waals surface area contributed by atoms with E-state index in [1.54, 1.807) is 6.07 Å². The third kappa shape index (κ3) is 18.5. The van der Waals surface area contributed by atoms with Gasteiger partial charge in [0.25, 0.3) is 0 Å². The number of benzene rings is 2. The van der Waals surface area contributed by atoms with Crippen molar-refractivity contribution >= 4 is 81.4 Å². The predicted octanol–water partition coefficient (Wildman–Crippen LogP) is -9.08. The van der Waals surface area contributed by atoms with Crippen LogP contribution in [0.5, 0.6) is 0 Å². The molecule has 14 N–H and O–H groups in total. The molecule has 0 bridgehead atoms. The third-order valence-electron chi connectivity index (χ3n) is 7.50. The van der Waals surface area contributed by atoms with Gasteiger partial charge in [-0.3, -0.25) is 5.04 Å². The standard InChI is InChI=1S/C32H44N12O14S2.2Na/c45-13-21(49)9-33-27-39-28(34-10-22(50)14-46)42-31(41-27)37-19-5-3-17(25(7-19)59-58-57-53)1-2-18-4-6-20(8-26(18)60(54,55)56)38-32-43-29(35-11-23(51)15-47)40-30(44-32)36-12-24(52)16-48;;/h1-8,21-24,45-53H,9-16H2,(H,54,55,56)(H3,33,34,37,39,41,42)(H3,35,36,38,40,43,44);;/q;2*+1/p-2. The van der Waals surface area contributed by atoms with Crippen molar-refractivity contribution in [1.82, 2.24) is 29.9 Å². The summed E-state index contributed by atoms with van der Waals surface area (Å²) in [7, 11) is -5.11. The third-order valence-corrected chi connectivity index (χ3v) is 9.05. The maximum Gasteiger partial charge on any atom is 1.00 e. The Balaban J connectivity index is 0.00000661. The molecular weight excluding hydrogens is 887 g/mol. The molecule has 0 radical (unpaired) electrons. The number of hydrogen-bond donors (Lipinski definition) is 14. The summed E-state index contributed by atoms with van der Waals surface area (Å²) in [6.45, 7) is -2.77. The number of aliphatic hydroxyl groups is 8. The molecule has 2 aromatic heterocycles. The molecule has 0 aliphatic carbocycles. The molecule has 0 fully saturated rings. The first-order chi connectivity index (χ1) is 28.7. The first-order valence-corrected chi connectivity index (χ1v) is 19.6. The van der Waals surface area contributed by atoms with E-state index in [9.17, 15) is 38.7 Å². The second kappa shape index (κ2) is 27.9. The van der Waals surface area contributed by atoms with Crippen molar-refractivity contribution in [2.24, 2.45) is 0 Å². The second-order valence-corrected chi connectivity index (χ2v) is 14.3. The van der Waals surface area contributed by atoms with Gasteiger partial charge < -0.3 is 82.6 Å². The van der Waals surface area contributed by atoms with Crippen molar-refractivity contribution in [3.63, 3.8) is 0 Å².